The Morgan fingerprint density at radius 3 is 2.67 bits per heavy atom. The van der Waals surface area contributed by atoms with Crippen molar-refractivity contribution in [3.63, 3.8) is 0 Å². The Balaban J connectivity index is 1.46. The number of pyridine rings is 2. The van der Waals surface area contributed by atoms with E-state index in [1.807, 2.05) is 57.2 Å². The number of hydrogen-bond acceptors (Lipinski definition) is 8. The fourth-order valence-corrected chi connectivity index (χ4v) is 8.13. The number of nitrogens with one attached hydrogen (secondary N) is 1. The second-order valence-electron chi connectivity index (χ2n) is 10.8. The molecule has 0 spiro atoms. The van der Waals surface area contributed by atoms with Crippen LogP contribution in [0.5, 0.6) is 0 Å². The minimum absolute atomic E-state index is 0.0165. The van der Waals surface area contributed by atoms with Gasteiger partial charge in [0.15, 0.2) is 17.4 Å². The maximum atomic E-state index is 15.3. The third kappa shape index (κ3) is 4.99. The van der Waals surface area contributed by atoms with Gasteiger partial charge in [0.05, 0.1) is 28.6 Å². The Hall–Kier alpha value is -2.67. The molecule has 8 nitrogen and oxygen atoms in total. The highest BCUT2D eigenvalue weighted by Crippen LogP contribution is 2.43. The van der Waals surface area contributed by atoms with Crippen LogP contribution in [-0.2, 0) is 25.1 Å². The van der Waals surface area contributed by atoms with Crippen LogP contribution in [0.15, 0.2) is 48.8 Å². The van der Waals surface area contributed by atoms with Gasteiger partial charge in [-0.3, -0.25) is 4.98 Å². The molecule has 40 heavy (non-hydrogen) atoms. The van der Waals surface area contributed by atoms with Crippen molar-refractivity contribution in [3.05, 3.63) is 75.6 Å². The van der Waals surface area contributed by atoms with Crippen molar-refractivity contribution in [2.24, 2.45) is 0 Å². The Labute approximate surface area is 240 Å². The van der Waals surface area contributed by atoms with E-state index < -0.39 is 38.5 Å². The highest BCUT2D eigenvalue weighted by molar-refractivity contribution is 7.90. The molecule has 6 rings (SSSR count). The first-order valence-corrected chi connectivity index (χ1v) is 15.5. The summed E-state index contributed by atoms with van der Waals surface area (Å²) in [5, 5.41) is 0.324. The summed E-state index contributed by atoms with van der Waals surface area (Å²) in [6, 6.07) is 10.4. The van der Waals surface area contributed by atoms with Crippen LogP contribution in [0, 0.1) is 5.82 Å². The number of benzene rings is 1. The van der Waals surface area contributed by atoms with Crippen molar-refractivity contribution >= 4 is 48.9 Å². The lowest BCUT2D eigenvalue weighted by Gasteiger charge is -2.25. The maximum Gasteiger partial charge on any atom is 0.215 e. The summed E-state index contributed by atoms with van der Waals surface area (Å²) in [6.45, 7) is 6.16. The van der Waals surface area contributed by atoms with Gasteiger partial charge in [-0.15, -0.1) is 11.3 Å². The Morgan fingerprint density at radius 1 is 1.20 bits per heavy atom. The number of nitrogens with two attached hydrogens (primary N) is 1. The molecule has 0 amide bonds. The summed E-state index contributed by atoms with van der Waals surface area (Å²) in [6.07, 6.45) is 4.08. The van der Waals surface area contributed by atoms with Crippen LogP contribution in [-0.4, -0.2) is 36.0 Å². The van der Waals surface area contributed by atoms with Gasteiger partial charge in [0.1, 0.15) is 5.60 Å². The highest BCUT2D eigenvalue weighted by Gasteiger charge is 2.43. The minimum atomic E-state index is -3.73. The van der Waals surface area contributed by atoms with Gasteiger partial charge in [0.25, 0.3) is 0 Å². The van der Waals surface area contributed by atoms with Crippen LogP contribution in [0.2, 0.25) is 5.02 Å². The molecule has 0 radical (unpaired) electrons. The molecule has 1 saturated heterocycles. The van der Waals surface area contributed by atoms with Gasteiger partial charge in [-0.2, -0.15) is 0 Å². The molecule has 4 aromatic rings. The summed E-state index contributed by atoms with van der Waals surface area (Å²) in [7, 11) is -3.73. The Kier molecular flexibility index (Phi) is 6.68. The average molecular weight is 603 g/mol. The number of aromatic nitrogens is 2. The second-order valence-corrected chi connectivity index (χ2v) is 14.3. The monoisotopic (exact) mass is 602 g/mol. The van der Waals surface area contributed by atoms with E-state index in [2.05, 4.69) is 14.7 Å². The topological polar surface area (TPSA) is 116 Å². The van der Waals surface area contributed by atoms with Crippen molar-refractivity contribution in [1.82, 2.24) is 14.7 Å². The lowest BCUT2D eigenvalue weighted by Crippen LogP contribution is -2.32. The summed E-state index contributed by atoms with van der Waals surface area (Å²) in [5.74, 6) is -1.90. The molecule has 2 atom stereocenters. The first-order chi connectivity index (χ1) is 18.9. The van der Waals surface area contributed by atoms with E-state index in [9.17, 15) is 8.42 Å². The molecular weight excluding hydrogens is 575 g/mol. The molecule has 1 aliphatic heterocycles. The second kappa shape index (κ2) is 9.71. The summed E-state index contributed by atoms with van der Waals surface area (Å²) >= 11 is 7.73. The van der Waals surface area contributed by atoms with Crippen LogP contribution >= 0.6 is 22.9 Å². The van der Waals surface area contributed by atoms with E-state index in [1.165, 1.54) is 17.5 Å². The van der Waals surface area contributed by atoms with Crippen molar-refractivity contribution in [1.29, 1.82) is 0 Å². The van der Waals surface area contributed by atoms with Gasteiger partial charge in [-0.25, -0.2) is 22.5 Å². The van der Waals surface area contributed by atoms with E-state index in [0.717, 1.165) is 26.9 Å². The van der Waals surface area contributed by atoms with Crippen molar-refractivity contribution in [2.45, 2.75) is 56.3 Å². The molecule has 210 valence electrons. The van der Waals surface area contributed by atoms with Gasteiger partial charge in [-0.05, 0) is 62.8 Å². The fourth-order valence-electron chi connectivity index (χ4n) is 5.05. The van der Waals surface area contributed by atoms with Gasteiger partial charge in [0.2, 0.25) is 10.0 Å². The smallest absolute Gasteiger partial charge is 0.215 e. The number of nitrogens with zero attached hydrogens (tertiary/aromatic N) is 2. The van der Waals surface area contributed by atoms with E-state index in [0.29, 0.717) is 24.3 Å². The molecule has 0 unspecified atom stereocenters. The molecular formula is C28H28ClFN4O4S2. The maximum absolute atomic E-state index is 15.3. The van der Waals surface area contributed by atoms with Crippen LogP contribution in [0.1, 0.15) is 55.7 Å². The predicted octanol–water partition coefficient (Wildman–Crippen LogP) is 5.90. The Morgan fingerprint density at radius 2 is 1.98 bits per heavy atom. The number of nitrogen functional groups attached to an aromatic ring is 1. The number of thiophene rings is 1. The predicted molar refractivity (Wildman–Crippen MR) is 154 cm³/mol. The lowest BCUT2D eigenvalue weighted by molar-refractivity contribution is -0.159. The molecule has 3 N–H and O–H groups in total. The van der Waals surface area contributed by atoms with Crippen LogP contribution in [0.25, 0.3) is 21.3 Å². The number of rotatable bonds is 7. The number of ether oxygens (including phenoxy) is 2. The largest absolute Gasteiger partial charge is 0.381 e. The molecule has 3 aromatic heterocycles. The van der Waals surface area contributed by atoms with Crippen LogP contribution in [0.4, 0.5) is 10.2 Å². The van der Waals surface area contributed by atoms with Crippen LogP contribution in [0.3, 0.4) is 0 Å². The third-order valence-corrected chi connectivity index (χ3v) is 10.7. The zero-order valence-corrected chi connectivity index (χ0v) is 24.5. The van der Waals surface area contributed by atoms with Crippen LogP contribution < -0.4 is 10.5 Å². The van der Waals surface area contributed by atoms with Gasteiger partial charge in [-0.1, -0.05) is 29.8 Å². The SMILES string of the molecule is CC1(C)OC[C@@](C)(c2ccnc(-c3cccc4cc([C@H](NS(=O)(=O)C5CC5)c5c(Cl)cnc(N)c5F)sc34)c2)O1. The fraction of sp³-hybridized carbons (Fsp3) is 0.357. The molecule has 2 aliphatic rings. The third-order valence-electron chi connectivity index (χ3n) is 7.23. The summed E-state index contributed by atoms with van der Waals surface area (Å²) < 4.78 is 57.1. The summed E-state index contributed by atoms with van der Waals surface area (Å²) in [5.41, 5.74) is 7.56. The molecule has 4 heterocycles. The number of hydrogen-bond donors (Lipinski definition) is 2. The van der Waals surface area contributed by atoms with Gasteiger partial charge in [0, 0.05) is 33.1 Å². The van der Waals surface area contributed by atoms with Crippen molar-refractivity contribution < 1.29 is 22.3 Å². The van der Waals surface area contributed by atoms with E-state index >= 15 is 4.39 Å². The number of sulfonamides is 1. The van der Waals surface area contributed by atoms with Gasteiger partial charge < -0.3 is 15.2 Å². The summed E-state index contributed by atoms with van der Waals surface area (Å²) in [4.78, 5) is 8.98. The number of anilines is 1. The molecule has 2 fully saturated rings. The lowest BCUT2D eigenvalue weighted by atomic mass is 9.96. The quantitative estimate of drug-likeness (QED) is 0.270. The standard InChI is InChI=1S/C28H28ClFN4O4S2/c1-27(2)37-14-28(3,38-27)16-9-10-32-20(12-16)18-6-4-5-15-11-21(39-25(15)18)24(34-40(35,36)17-7-8-17)22-19(29)13-33-26(31)23(22)30/h4-6,9-13,17,24,34H,7-8,14H2,1-3H3,(H2,31,33)/t24-,28-/m0/s1. The molecule has 1 saturated carbocycles. The van der Waals surface area contributed by atoms with E-state index in [-0.39, 0.29) is 16.4 Å². The zero-order valence-electron chi connectivity index (χ0n) is 22.1. The Bertz CT molecular complexity index is 1740. The molecule has 1 aliphatic carbocycles. The molecule has 1 aromatic carbocycles. The van der Waals surface area contributed by atoms with E-state index in [1.54, 1.807) is 6.20 Å². The van der Waals surface area contributed by atoms with Crippen molar-refractivity contribution in [3.8, 4) is 11.3 Å². The normalized spacial score (nSPS) is 21.6. The van der Waals surface area contributed by atoms with E-state index in [4.69, 9.17) is 26.8 Å². The average Bonchev–Trinajstić information content (AvgIpc) is 3.62. The van der Waals surface area contributed by atoms with Crippen molar-refractivity contribution in [2.75, 3.05) is 12.3 Å². The number of fused-ring (bicyclic) bond motifs is 1. The first kappa shape index (κ1) is 27.5. The minimum Gasteiger partial charge on any atom is -0.381 e. The molecule has 0 bridgehead atoms. The first-order valence-electron chi connectivity index (χ1n) is 12.8. The van der Waals surface area contributed by atoms with Gasteiger partial charge >= 0.3 is 0 Å². The molecule has 12 heteroatoms. The number of halogens is 2. The zero-order chi connectivity index (χ0) is 28.4. The highest BCUT2D eigenvalue weighted by atomic mass is 35.5.